The number of benzene rings is 3. The van der Waals surface area contributed by atoms with Gasteiger partial charge in [-0.2, -0.15) is 0 Å². The van der Waals surface area contributed by atoms with E-state index in [-0.39, 0.29) is 31.2 Å². The summed E-state index contributed by atoms with van der Waals surface area (Å²) in [6.45, 7) is 12.3. The van der Waals surface area contributed by atoms with Crippen LogP contribution in [0.2, 0.25) is 19.6 Å². The van der Waals surface area contributed by atoms with Crippen LogP contribution < -0.4 is 5.19 Å². The molecule has 3 aromatic heterocycles. The third kappa shape index (κ3) is 7.69. The van der Waals surface area contributed by atoms with E-state index < -0.39 is 26.6 Å². The Kier molecular flexibility index (Phi) is 9.23. The second-order valence-corrected chi connectivity index (χ2v) is 17.8. The van der Waals surface area contributed by atoms with Gasteiger partial charge < -0.3 is 14.4 Å². The number of fused-ring (bicyclic) bond motifs is 3. The van der Waals surface area contributed by atoms with Gasteiger partial charge in [-0.1, -0.05) is 118 Å². The van der Waals surface area contributed by atoms with Gasteiger partial charge in [0.15, 0.2) is 0 Å². The largest absolute Gasteiger partial charge is 0.501 e. The molecule has 0 spiro atoms. The number of aryl methyl sites for hydroxylation is 1. The molecular weight excluding hydrogens is 752 g/mol. The summed E-state index contributed by atoms with van der Waals surface area (Å²) in [6, 6.07) is 26.5. The van der Waals surface area contributed by atoms with Crippen LogP contribution >= 0.6 is 0 Å². The molecule has 6 heteroatoms. The van der Waals surface area contributed by atoms with Gasteiger partial charge in [0.05, 0.1) is 13.7 Å². The first kappa shape index (κ1) is 29.0. The summed E-state index contributed by atoms with van der Waals surface area (Å²) in [4.78, 5) is 8.92. The average molecular weight is 797 g/mol. The Balaban J connectivity index is 0.000000217. The number of pyridine rings is 2. The number of rotatable bonds is 6. The monoisotopic (exact) mass is 797 g/mol. The number of halogens is 1. The maximum atomic E-state index is 14.8. The van der Waals surface area contributed by atoms with Crippen LogP contribution in [0.1, 0.15) is 55.8 Å². The molecule has 0 aliphatic heterocycles. The Morgan fingerprint density at radius 3 is 2.33 bits per heavy atom. The molecule has 235 valence electrons. The van der Waals surface area contributed by atoms with Crippen LogP contribution in [0, 0.1) is 30.7 Å². The van der Waals surface area contributed by atoms with Gasteiger partial charge >= 0.3 is 0 Å². The first-order valence-electron chi connectivity index (χ1n) is 16.9. The number of para-hydroxylation sites is 1. The Morgan fingerprint density at radius 2 is 1.62 bits per heavy atom. The van der Waals surface area contributed by atoms with Gasteiger partial charge in [0, 0.05) is 49.2 Å². The molecule has 0 aliphatic carbocycles. The number of furan rings is 1. The molecule has 6 rings (SSSR count). The quantitative estimate of drug-likeness (QED) is 0.125. The molecule has 0 saturated carbocycles. The summed E-state index contributed by atoms with van der Waals surface area (Å²) in [5, 5.41) is 3.42. The first-order chi connectivity index (χ1) is 22.4. The van der Waals surface area contributed by atoms with Crippen molar-refractivity contribution in [2.75, 3.05) is 0 Å². The van der Waals surface area contributed by atoms with Crippen LogP contribution in [-0.4, -0.2) is 18.0 Å². The van der Waals surface area contributed by atoms with E-state index in [0.717, 1.165) is 45.2 Å². The third-order valence-corrected chi connectivity index (χ3v) is 9.61. The molecular formula is C39H41FIrN2OSi-2. The molecule has 0 bridgehead atoms. The number of aromatic nitrogens is 2. The van der Waals surface area contributed by atoms with E-state index in [1.165, 1.54) is 22.9 Å². The molecule has 6 aromatic rings. The van der Waals surface area contributed by atoms with Crippen molar-refractivity contribution in [3.63, 3.8) is 0 Å². The fraction of sp³-hybridized carbons (Fsp3) is 0.282. The fourth-order valence-corrected chi connectivity index (χ4v) is 6.93. The first-order valence-corrected chi connectivity index (χ1v) is 18.4. The Hall–Kier alpha value is -3.44. The number of hydrogen-bond acceptors (Lipinski definition) is 3. The third-order valence-electron chi connectivity index (χ3n) is 7.55. The van der Waals surface area contributed by atoms with Crippen molar-refractivity contribution < 1.29 is 34.4 Å². The van der Waals surface area contributed by atoms with E-state index in [0.29, 0.717) is 11.6 Å². The van der Waals surface area contributed by atoms with E-state index in [1.807, 2.05) is 68.6 Å². The SMILES string of the molecule is [2H]C(C)(C)c1ccnc(-c2[c-]ccc3c2oc2ccccc23)c1.[2H]C([2H])([2H])c1cc[c-]c(-c2cc(CC(C)C)c([Si](C)(C)C)cn2)c1F.[Ir]. The fourth-order valence-electron chi connectivity index (χ4n) is 5.34. The Morgan fingerprint density at radius 1 is 0.911 bits per heavy atom. The molecule has 0 amide bonds. The van der Waals surface area contributed by atoms with Crippen LogP contribution in [0.4, 0.5) is 4.39 Å². The van der Waals surface area contributed by atoms with Gasteiger partial charge in [-0.25, -0.2) is 0 Å². The zero-order valence-corrected chi connectivity index (χ0v) is 30.2. The maximum Gasteiger partial charge on any atom is 0.120 e. The normalized spacial score (nSPS) is 13.4. The van der Waals surface area contributed by atoms with E-state index in [1.54, 1.807) is 6.20 Å². The standard InChI is InChI=1S/C20H16NO.C19H25FNSi.Ir/c1-13(2)14-10-11-21-18(12-14)17-8-5-7-16-15-6-3-4-9-19(15)22-20(16)17;1-13(2)10-15-11-17(21-12-18(15)22(4,5)6)16-9-7-8-14(3)19(16)20;/h3-7,9-13H,1-2H3;7-8,11-13H,10H2,1-6H3;/q2*-1;/i13D;3D3;. The molecule has 3 aromatic carbocycles. The van der Waals surface area contributed by atoms with Crippen molar-refractivity contribution in [2.45, 2.75) is 66.5 Å². The summed E-state index contributed by atoms with van der Waals surface area (Å²) in [7, 11) is -1.58. The number of nitrogens with zero attached hydrogens (tertiary/aromatic N) is 2. The van der Waals surface area contributed by atoms with E-state index in [2.05, 4.69) is 61.7 Å². The molecule has 3 heterocycles. The van der Waals surface area contributed by atoms with E-state index in [9.17, 15) is 4.39 Å². The van der Waals surface area contributed by atoms with Crippen molar-refractivity contribution >= 4 is 35.2 Å². The van der Waals surface area contributed by atoms with Crippen LogP contribution in [0.3, 0.4) is 0 Å². The van der Waals surface area contributed by atoms with Gasteiger partial charge in [0.1, 0.15) is 5.58 Å². The molecule has 1 radical (unpaired) electrons. The second-order valence-electron chi connectivity index (χ2n) is 12.8. The Bertz CT molecular complexity index is 2080. The summed E-state index contributed by atoms with van der Waals surface area (Å²) < 4.78 is 51.5. The average Bonchev–Trinajstić information content (AvgIpc) is 3.39. The molecule has 3 nitrogen and oxygen atoms in total. The van der Waals surface area contributed by atoms with Gasteiger partial charge in [-0.05, 0) is 46.9 Å². The molecule has 0 unspecified atom stereocenters. The van der Waals surface area contributed by atoms with Crippen molar-refractivity contribution in [2.24, 2.45) is 5.92 Å². The maximum absolute atomic E-state index is 14.8. The van der Waals surface area contributed by atoms with E-state index >= 15 is 0 Å². The zero-order valence-electron chi connectivity index (χ0n) is 30.8. The smallest absolute Gasteiger partial charge is 0.120 e. The Labute approximate surface area is 287 Å². The number of hydrogen-bond donors (Lipinski definition) is 0. The van der Waals surface area contributed by atoms with Gasteiger partial charge in [0.25, 0.3) is 0 Å². The summed E-state index contributed by atoms with van der Waals surface area (Å²) >= 11 is 0. The van der Waals surface area contributed by atoms with Crippen LogP contribution in [0.15, 0.2) is 83.5 Å². The van der Waals surface area contributed by atoms with Gasteiger partial charge in [-0.3, -0.25) is 4.39 Å². The molecule has 45 heavy (non-hydrogen) atoms. The minimum atomic E-state index is -2.49. The van der Waals surface area contributed by atoms with E-state index in [4.69, 9.17) is 9.90 Å². The summed E-state index contributed by atoms with van der Waals surface area (Å²) in [5.41, 5.74) is 5.65. The minimum absolute atomic E-state index is 0. The molecule has 0 aliphatic rings. The predicted octanol–water partition coefficient (Wildman–Crippen LogP) is 10.3. The zero-order chi connectivity index (χ0) is 35.0. The van der Waals surface area contributed by atoms with Crippen LogP contribution in [0.5, 0.6) is 0 Å². The molecule has 0 saturated heterocycles. The topological polar surface area (TPSA) is 38.9 Å². The van der Waals surface area contributed by atoms with Gasteiger partial charge in [-0.15, -0.1) is 36.4 Å². The molecule has 0 N–H and O–H groups in total. The van der Waals surface area contributed by atoms with Crippen molar-refractivity contribution in [1.82, 2.24) is 9.97 Å². The van der Waals surface area contributed by atoms with Crippen LogP contribution in [-0.2, 0) is 26.5 Å². The molecule has 0 fully saturated rings. The minimum Gasteiger partial charge on any atom is -0.501 e. The summed E-state index contributed by atoms with van der Waals surface area (Å²) in [6.07, 6.45) is 4.47. The predicted molar refractivity (Wildman–Crippen MR) is 185 cm³/mol. The van der Waals surface area contributed by atoms with Crippen molar-refractivity contribution in [3.8, 4) is 22.5 Å². The van der Waals surface area contributed by atoms with Gasteiger partial charge in [0.2, 0.25) is 0 Å². The molecule has 0 atom stereocenters. The second kappa shape index (κ2) is 14.3. The summed E-state index contributed by atoms with van der Waals surface area (Å²) in [5.74, 6) is -0.960. The van der Waals surface area contributed by atoms with Crippen molar-refractivity contribution in [1.29, 1.82) is 0 Å². The van der Waals surface area contributed by atoms with Crippen LogP contribution in [0.25, 0.3) is 44.5 Å². The van der Waals surface area contributed by atoms with Crippen molar-refractivity contribution in [3.05, 3.63) is 114 Å².